The molecule has 1 amide bonds. The average Bonchev–Trinajstić information content (AvgIpc) is 2.83. The smallest absolute Gasteiger partial charge is 0.261 e. The molecule has 1 aliphatic rings. The Morgan fingerprint density at radius 3 is 2.26 bits per heavy atom. The van der Waals surface area contributed by atoms with Crippen molar-refractivity contribution in [1.82, 2.24) is 0 Å². The van der Waals surface area contributed by atoms with E-state index in [1.807, 2.05) is 24.3 Å². The number of hydrogen-bond donors (Lipinski definition) is 1. The van der Waals surface area contributed by atoms with Crippen molar-refractivity contribution >= 4 is 27.3 Å². The number of amides is 1. The Morgan fingerprint density at radius 2 is 1.58 bits per heavy atom. The third kappa shape index (κ3) is 4.01. The lowest BCUT2D eigenvalue weighted by molar-refractivity contribution is 0.0993. The highest BCUT2D eigenvalue weighted by molar-refractivity contribution is 7.92. The average molecular weight is 437 g/mol. The lowest BCUT2D eigenvalue weighted by atomic mass is 9.87. The number of ether oxygens (including phenoxy) is 1. The number of fused-ring (bicyclic) bond motifs is 2. The molecule has 0 saturated heterocycles. The van der Waals surface area contributed by atoms with Gasteiger partial charge in [0.1, 0.15) is 5.75 Å². The zero-order valence-electron chi connectivity index (χ0n) is 17.8. The van der Waals surface area contributed by atoms with Crippen LogP contribution in [0.4, 0.5) is 11.4 Å². The Balaban J connectivity index is 1.65. The van der Waals surface area contributed by atoms with Crippen LogP contribution in [0.15, 0.2) is 71.6 Å². The number of carbonyl (C=O) groups is 1. The summed E-state index contributed by atoms with van der Waals surface area (Å²) in [6.07, 6.45) is 0. The predicted octanol–water partition coefficient (Wildman–Crippen LogP) is 5.17. The van der Waals surface area contributed by atoms with E-state index < -0.39 is 10.0 Å². The molecule has 3 aromatic rings. The molecule has 0 fully saturated rings. The van der Waals surface area contributed by atoms with Crippen molar-refractivity contribution in [2.24, 2.45) is 0 Å². The maximum atomic E-state index is 13.0. The van der Waals surface area contributed by atoms with Crippen LogP contribution < -0.4 is 14.4 Å². The van der Waals surface area contributed by atoms with E-state index in [4.69, 9.17) is 4.74 Å². The summed E-state index contributed by atoms with van der Waals surface area (Å²) >= 11 is 0. The van der Waals surface area contributed by atoms with E-state index in [0.29, 0.717) is 17.2 Å². The fourth-order valence-electron chi connectivity index (χ4n) is 3.43. The van der Waals surface area contributed by atoms with E-state index in [0.717, 1.165) is 5.56 Å². The molecular weight excluding hydrogens is 412 g/mol. The number of benzene rings is 3. The van der Waals surface area contributed by atoms with Gasteiger partial charge in [0.2, 0.25) is 0 Å². The summed E-state index contributed by atoms with van der Waals surface area (Å²) in [4.78, 5) is 14.6. The number of carbonyl (C=O) groups excluding carboxylic acids is 1. The summed E-state index contributed by atoms with van der Waals surface area (Å²) in [6.45, 7) is 6.20. The fraction of sp³-hybridized carbons (Fsp3) is 0.208. The van der Waals surface area contributed by atoms with Crippen LogP contribution in [0.2, 0.25) is 0 Å². The van der Waals surface area contributed by atoms with Gasteiger partial charge < -0.3 is 9.64 Å². The molecule has 4 rings (SSSR count). The quantitative estimate of drug-likeness (QED) is 0.615. The first-order valence-corrected chi connectivity index (χ1v) is 11.4. The lowest BCUT2D eigenvalue weighted by Gasteiger charge is -2.19. The predicted molar refractivity (Wildman–Crippen MR) is 122 cm³/mol. The number of nitrogens with zero attached hydrogens (tertiary/aromatic N) is 1. The highest BCUT2D eigenvalue weighted by Gasteiger charge is 2.26. The summed E-state index contributed by atoms with van der Waals surface area (Å²) in [5.41, 5.74) is 2.18. The zero-order chi connectivity index (χ0) is 22.4. The summed E-state index contributed by atoms with van der Waals surface area (Å²) in [6, 6.07) is 18.7. The van der Waals surface area contributed by atoms with Gasteiger partial charge in [-0.3, -0.25) is 9.52 Å². The largest absolute Gasteiger partial charge is 0.454 e. The molecule has 0 aromatic heterocycles. The molecule has 0 bridgehead atoms. The third-order valence-electron chi connectivity index (χ3n) is 5.24. The molecule has 1 aliphatic heterocycles. The third-order valence-corrected chi connectivity index (χ3v) is 6.64. The van der Waals surface area contributed by atoms with Gasteiger partial charge in [-0.25, -0.2) is 8.42 Å². The molecule has 0 aliphatic carbocycles. The van der Waals surface area contributed by atoms with Gasteiger partial charge in [0.15, 0.2) is 5.75 Å². The van der Waals surface area contributed by atoms with E-state index in [9.17, 15) is 13.2 Å². The maximum absolute atomic E-state index is 13.0. The molecule has 1 N–H and O–H groups in total. The van der Waals surface area contributed by atoms with Crippen molar-refractivity contribution in [1.29, 1.82) is 0 Å². The van der Waals surface area contributed by atoms with Gasteiger partial charge in [0.25, 0.3) is 15.9 Å². The molecular formula is C24H24N2O4S. The van der Waals surface area contributed by atoms with E-state index in [1.165, 1.54) is 11.0 Å². The monoisotopic (exact) mass is 436 g/mol. The minimum atomic E-state index is -3.81. The molecule has 0 radical (unpaired) electrons. The fourth-order valence-corrected chi connectivity index (χ4v) is 4.48. The van der Waals surface area contributed by atoms with Crippen LogP contribution in [0.3, 0.4) is 0 Å². The van der Waals surface area contributed by atoms with Crippen LogP contribution in [-0.2, 0) is 15.4 Å². The molecule has 31 heavy (non-hydrogen) atoms. The molecule has 7 heteroatoms. The Kier molecular flexibility index (Phi) is 5.01. The second kappa shape index (κ2) is 7.42. The molecule has 160 valence electrons. The van der Waals surface area contributed by atoms with Gasteiger partial charge in [-0.1, -0.05) is 45.0 Å². The van der Waals surface area contributed by atoms with Crippen molar-refractivity contribution in [2.45, 2.75) is 31.1 Å². The standard InChI is InChI=1S/C24H24N2O4S/c1-24(2,3)16-9-12-18(13-10-16)31(28,29)25-17-11-14-21-19(15-17)23(27)26(4)20-7-5-6-8-22(20)30-21/h5-15,25H,1-4H3. The zero-order valence-corrected chi connectivity index (χ0v) is 18.7. The van der Waals surface area contributed by atoms with Crippen molar-refractivity contribution in [2.75, 3.05) is 16.7 Å². The van der Waals surface area contributed by atoms with E-state index in [-0.39, 0.29) is 27.5 Å². The number of rotatable bonds is 3. The number of hydrogen-bond acceptors (Lipinski definition) is 4. The number of nitrogens with one attached hydrogen (secondary N) is 1. The maximum Gasteiger partial charge on any atom is 0.261 e. The van der Waals surface area contributed by atoms with Crippen LogP contribution in [0.1, 0.15) is 36.7 Å². The van der Waals surface area contributed by atoms with Crippen molar-refractivity contribution in [3.63, 3.8) is 0 Å². The summed E-state index contributed by atoms with van der Waals surface area (Å²) < 4.78 is 34.3. The second-order valence-electron chi connectivity index (χ2n) is 8.52. The summed E-state index contributed by atoms with van der Waals surface area (Å²) in [5.74, 6) is 0.652. The molecule has 1 heterocycles. The molecule has 3 aromatic carbocycles. The van der Waals surface area contributed by atoms with Crippen LogP contribution in [0.5, 0.6) is 11.5 Å². The Labute approximate surface area is 182 Å². The normalized spacial score (nSPS) is 13.7. The van der Waals surface area contributed by atoms with Gasteiger partial charge in [0.05, 0.1) is 16.1 Å². The molecule has 0 spiro atoms. The second-order valence-corrected chi connectivity index (χ2v) is 10.2. The minimum Gasteiger partial charge on any atom is -0.454 e. The van der Waals surface area contributed by atoms with Crippen LogP contribution in [0, 0.1) is 0 Å². The first-order valence-electron chi connectivity index (χ1n) is 9.89. The summed E-state index contributed by atoms with van der Waals surface area (Å²) in [7, 11) is -2.15. The Morgan fingerprint density at radius 1 is 0.903 bits per heavy atom. The molecule has 6 nitrogen and oxygen atoms in total. The van der Waals surface area contributed by atoms with Crippen LogP contribution >= 0.6 is 0 Å². The van der Waals surface area contributed by atoms with Gasteiger partial charge in [0, 0.05) is 12.7 Å². The van der Waals surface area contributed by atoms with Crippen LogP contribution in [0.25, 0.3) is 0 Å². The minimum absolute atomic E-state index is 0.0727. The van der Waals surface area contributed by atoms with Gasteiger partial charge >= 0.3 is 0 Å². The first-order chi connectivity index (χ1) is 14.6. The number of anilines is 2. The lowest BCUT2D eigenvalue weighted by Crippen LogP contribution is -2.25. The number of para-hydroxylation sites is 2. The highest BCUT2D eigenvalue weighted by atomic mass is 32.2. The van der Waals surface area contributed by atoms with Crippen molar-refractivity contribution < 1.29 is 17.9 Å². The van der Waals surface area contributed by atoms with Crippen LogP contribution in [-0.4, -0.2) is 21.4 Å². The van der Waals surface area contributed by atoms with Gasteiger partial charge in [-0.05, 0) is 53.4 Å². The topological polar surface area (TPSA) is 75.7 Å². The van der Waals surface area contributed by atoms with Crippen molar-refractivity contribution in [3.05, 3.63) is 77.9 Å². The molecule has 0 unspecified atom stereocenters. The van der Waals surface area contributed by atoms with Crippen molar-refractivity contribution in [3.8, 4) is 11.5 Å². The summed E-state index contributed by atoms with van der Waals surface area (Å²) in [5, 5.41) is 0. The SMILES string of the molecule is CN1C(=O)c2cc(NS(=O)(=O)c3ccc(C(C)(C)C)cc3)ccc2Oc2ccccc21. The highest BCUT2D eigenvalue weighted by Crippen LogP contribution is 2.39. The van der Waals surface area contributed by atoms with E-state index in [1.54, 1.807) is 43.4 Å². The van der Waals surface area contributed by atoms with Gasteiger partial charge in [-0.15, -0.1) is 0 Å². The first kappa shape index (κ1) is 20.9. The Hall–Kier alpha value is -3.32. The Bertz CT molecular complexity index is 1260. The molecule has 0 saturated carbocycles. The number of sulfonamides is 1. The van der Waals surface area contributed by atoms with E-state index in [2.05, 4.69) is 25.5 Å². The molecule has 0 atom stereocenters. The van der Waals surface area contributed by atoms with E-state index >= 15 is 0 Å². The van der Waals surface area contributed by atoms with Gasteiger partial charge in [-0.2, -0.15) is 0 Å².